The van der Waals surface area contributed by atoms with Gasteiger partial charge in [-0.3, -0.25) is 0 Å². The van der Waals surface area contributed by atoms with Crippen molar-refractivity contribution in [2.24, 2.45) is 5.92 Å². The standard InChI is InChI=1S/C13H21NO/c1-3-7-11(2)13(10-15)14-12-8-5-4-6-9-12/h4-6,8-9,11,13-15H,3,7,10H2,1-2H3. The molecule has 0 saturated carbocycles. The lowest BCUT2D eigenvalue weighted by Crippen LogP contribution is -2.30. The van der Waals surface area contributed by atoms with Gasteiger partial charge >= 0.3 is 0 Å². The zero-order valence-corrected chi connectivity index (χ0v) is 9.61. The fourth-order valence-corrected chi connectivity index (χ4v) is 1.77. The van der Waals surface area contributed by atoms with Gasteiger partial charge in [0.1, 0.15) is 0 Å². The summed E-state index contributed by atoms with van der Waals surface area (Å²) in [7, 11) is 0. The zero-order valence-electron chi connectivity index (χ0n) is 9.61. The molecule has 2 nitrogen and oxygen atoms in total. The normalized spacial score (nSPS) is 14.6. The molecule has 0 aromatic heterocycles. The summed E-state index contributed by atoms with van der Waals surface area (Å²) < 4.78 is 0. The van der Waals surface area contributed by atoms with E-state index in [9.17, 15) is 5.11 Å². The van der Waals surface area contributed by atoms with Crippen LogP contribution in [-0.2, 0) is 0 Å². The Morgan fingerprint density at radius 1 is 1.27 bits per heavy atom. The molecule has 0 saturated heterocycles. The minimum Gasteiger partial charge on any atom is -0.394 e. The van der Waals surface area contributed by atoms with E-state index in [0.717, 1.165) is 18.5 Å². The van der Waals surface area contributed by atoms with Gasteiger partial charge < -0.3 is 10.4 Å². The maximum absolute atomic E-state index is 9.32. The maximum Gasteiger partial charge on any atom is 0.0635 e. The van der Waals surface area contributed by atoms with Gasteiger partial charge in [-0.2, -0.15) is 0 Å². The SMILES string of the molecule is CCCC(C)C(CO)Nc1ccccc1. The fourth-order valence-electron chi connectivity index (χ4n) is 1.77. The van der Waals surface area contributed by atoms with Crippen LogP contribution in [0.15, 0.2) is 30.3 Å². The van der Waals surface area contributed by atoms with E-state index in [1.165, 1.54) is 0 Å². The lowest BCUT2D eigenvalue weighted by Gasteiger charge is -2.23. The van der Waals surface area contributed by atoms with Crippen LogP contribution >= 0.6 is 0 Å². The quantitative estimate of drug-likeness (QED) is 0.751. The Morgan fingerprint density at radius 3 is 2.47 bits per heavy atom. The van der Waals surface area contributed by atoms with Crippen molar-refractivity contribution in [2.75, 3.05) is 11.9 Å². The maximum atomic E-state index is 9.32. The summed E-state index contributed by atoms with van der Waals surface area (Å²) in [5.74, 6) is 0.500. The molecule has 0 amide bonds. The largest absolute Gasteiger partial charge is 0.394 e. The molecule has 1 aromatic carbocycles. The van der Waals surface area contributed by atoms with E-state index in [2.05, 4.69) is 19.2 Å². The second-order valence-corrected chi connectivity index (χ2v) is 4.07. The molecule has 0 aliphatic rings. The van der Waals surface area contributed by atoms with Gasteiger partial charge in [-0.25, -0.2) is 0 Å². The second kappa shape index (κ2) is 6.46. The number of hydrogen-bond donors (Lipinski definition) is 2. The molecule has 0 radical (unpaired) electrons. The van der Waals surface area contributed by atoms with Gasteiger partial charge in [0.25, 0.3) is 0 Å². The number of aliphatic hydroxyl groups excluding tert-OH is 1. The van der Waals surface area contributed by atoms with Crippen LogP contribution in [0.25, 0.3) is 0 Å². The first-order valence-electron chi connectivity index (χ1n) is 5.70. The first-order valence-corrected chi connectivity index (χ1v) is 5.70. The summed E-state index contributed by atoms with van der Waals surface area (Å²) in [6, 6.07) is 10.2. The smallest absolute Gasteiger partial charge is 0.0635 e. The van der Waals surface area contributed by atoms with Gasteiger partial charge in [-0.15, -0.1) is 0 Å². The monoisotopic (exact) mass is 207 g/mol. The summed E-state index contributed by atoms with van der Waals surface area (Å²) >= 11 is 0. The summed E-state index contributed by atoms with van der Waals surface area (Å²) in [6.07, 6.45) is 2.30. The first kappa shape index (κ1) is 12.1. The van der Waals surface area contributed by atoms with E-state index < -0.39 is 0 Å². The van der Waals surface area contributed by atoms with E-state index in [1.807, 2.05) is 30.3 Å². The Hall–Kier alpha value is -1.02. The second-order valence-electron chi connectivity index (χ2n) is 4.07. The summed E-state index contributed by atoms with van der Waals surface area (Å²) in [5, 5.41) is 12.7. The molecule has 1 rings (SSSR count). The molecule has 0 spiro atoms. The predicted molar refractivity (Wildman–Crippen MR) is 65.0 cm³/mol. The summed E-state index contributed by atoms with van der Waals surface area (Å²) in [4.78, 5) is 0. The van der Waals surface area contributed by atoms with Gasteiger partial charge in [0, 0.05) is 5.69 Å². The van der Waals surface area contributed by atoms with Gasteiger partial charge in [-0.05, 0) is 24.5 Å². The molecule has 2 atom stereocenters. The van der Waals surface area contributed by atoms with Crippen LogP contribution in [0.1, 0.15) is 26.7 Å². The van der Waals surface area contributed by atoms with Crippen molar-refractivity contribution in [1.82, 2.24) is 0 Å². The highest BCUT2D eigenvalue weighted by atomic mass is 16.3. The van der Waals surface area contributed by atoms with Crippen LogP contribution in [0.5, 0.6) is 0 Å². The van der Waals surface area contributed by atoms with Crippen LogP contribution in [0.2, 0.25) is 0 Å². The number of anilines is 1. The van der Waals surface area contributed by atoms with Crippen molar-refractivity contribution in [1.29, 1.82) is 0 Å². The van der Waals surface area contributed by atoms with Gasteiger partial charge in [-0.1, -0.05) is 38.5 Å². The highest BCUT2D eigenvalue weighted by Gasteiger charge is 2.14. The van der Waals surface area contributed by atoms with Gasteiger partial charge in [0.2, 0.25) is 0 Å². The first-order chi connectivity index (χ1) is 7.27. The Morgan fingerprint density at radius 2 is 1.93 bits per heavy atom. The highest BCUT2D eigenvalue weighted by molar-refractivity contribution is 5.43. The number of para-hydroxylation sites is 1. The molecule has 15 heavy (non-hydrogen) atoms. The van der Waals surface area contributed by atoms with Crippen molar-refractivity contribution < 1.29 is 5.11 Å². The lowest BCUT2D eigenvalue weighted by molar-refractivity contribution is 0.238. The molecular formula is C13H21NO. The lowest BCUT2D eigenvalue weighted by atomic mass is 9.97. The third-order valence-corrected chi connectivity index (χ3v) is 2.75. The third-order valence-electron chi connectivity index (χ3n) is 2.75. The highest BCUT2D eigenvalue weighted by Crippen LogP contribution is 2.15. The molecule has 0 bridgehead atoms. The van der Waals surface area contributed by atoms with Crippen molar-refractivity contribution >= 4 is 5.69 Å². The molecule has 0 aliphatic carbocycles. The molecule has 0 aliphatic heterocycles. The molecule has 2 unspecified atom stereocenters. The molecule has 2 N–H and O–H groups in total. The van der Waals surface area contributed by atoms with Crippen LogP contribution in [-0.4, -0.2) is 17.8 Å². The third kappa shape index (κ3) is 3.92. The molecule has 0 fully saturated rings. The topological polar surface area (TPSA) is 32.3 Å². The van der Waals surface area contributed by atoms with Crippen LogP contribution in [0.4, 0.5) is 5.69 Å². The van der Waals surface area contributed by atoms with Crippen molar-refractivity contribution in [3.63, 3.8) is 0 Å². The predicted octanol–water partition coefficient (Wildman–Crippen LogP) is 2.90. The number of rotatable bonds is 6. The fraction of sp³-hybridized carbons (Fsp3) is 0.538. The van der Waals surface area contributed by atoms with Crippen LogP contribution in [0.3, 0.4) is 0 Å². The number of benzene rings is 1. The number of nitrogens with one attached hydrogen (secondary N) is 1. The van der Waals surface area contributed by atoms with E-state index in [1.54, 1.807) is 0 Å². The molecule has 1 aromatic rings. The van der Waals surface area contributed by atoms with E-state index in [0.29, 0.717) is 5.92 Å². The number of hydrogen-bond acceptors (Lipinski definition) is 2. The average Bonchev–Trinajstić information content (AvgIpc) is 2.27. The Balaban J connectivity index is 2.53. The molecule has 84 valence electrons. The average molecular weight is 207 g/mol. The minimum atomic E-state index is 0.160. The van der Waals surface area contributed by atoms with E-state index in [4.69, 9.17) is 0 Å². The Kier molecular flexibility index (Phi) is 5.19. The van der Waals surface area contributed by atoms with Crippen molar-refractivity contribution in [3.05, 3.63) is 30.3 Å². The summed E-state index contributed by atoms with van der Waals surface area (Å²) in [5.41, 5.74) is 1.08. The van der Waals surface area contributed by atoms with Crippen LogP contribution in [0, 0.1) is 5.92 Å². The van der Waals surface area contributed by atoms with Crippen molar-refractivity contribution in [3.8, 4) is 0 Å². The minimum absolute atomic E-state index is 0.160. The van der Waals surface area contributed by atoms with Gasteiger partial charge in [0.15, 0.2) is 0 Å². The summed E-state index contributed by atoms with van der Waals surface area (Å²) in [6.45, 7) is 4.55. The Labute approximate surface area is 92.3 Å². The van der Waals surface area contributed by atoms with E-state index >= 15 is 0 Å². The van der Waals surface area contributed by atoms with Crippen LogP contribution < -0.4 is 5.32 Å². The van der Waals surface area contributed by atoms with E-state index in [-0.39, 0.29) is 12.6 Å². The molecular weight excluding hydrogens is 186 g/mol. The zero-order chi connectivity index (χ0) is 11.1. The Bertz CT molecular complexity index is 260. The molecule has 2 heteroatoms. The number of aliphatic hydroxyl groups is 1. The van der Waals surface area contributed by atoms with Crippen molar-refractivity contribution in [2.45, 2.75) is 32.7 Å². The molecule has 0 heterocycles. The van der Waals surface area contributed by atoms with Gasteiger partial charge in [0.05, 0.1) is 12.6 Å².